The van der Waals surface area contributed by atoms with Crippen molar-refractivity contribution < 1.29 is 23.9 Å². The van der Waals surface area contributed by atoms with Gasteiger partial charge in [0.2, 0.25) is 5.41 Å². The third kappa shape index (κ3) is 3.32. The molecule has 0 radical (unpaired) electrons. The molecular formula is C27H27ClN2O5. The first-order valence-corrected chi connectivity index (χ1v) is 11.9. The molecule has 35 heavy (non-hydrogen) atoms. The fourth-order valence-electron chi connectivity index (χ4n) is 5.53. The Morgan fingerprint density at radius 2 is 1.54 bits per heavy atom. The highest BCUT2D eigenvalue weighted by Crippen LogP contribution is 2.63. The third-order valence-corrected chi connectivity index (χ3v) is 7.35. The second-order valence-electron chi connectivity index (χ2n) is 10.8. The van der Waals surface area contributed by atoms with Crippen molar-refractivity contribution in [3.63, 3.8) is 0 Å². The lowest BCUT2D eigenvalue weighted by Gasteiger charge is -2.44. The summed E-state index contributed by atoms with van der Waals surface area (Å²) in [6, 6.07) is 12.4. The van der Waals surface area contributed by atoms with E-state index in [0.717, 1.165) is 5.56 Å². The second kappa shape index (κ2) is 7.65. The molecule has 0 amide bonds. The van der Waals surface area contributed by atoms with Gasteiger partial charge in [-0.3, -0.25) is 19.4 Å². The van der Waals surface area contributed by atoms with Crippen LogP contribution in [0.4, 0.5) is 0 Å². The van der Waals surface area contributed by atoms with Crippen LogP contribution in [0.1, 0.15) is 63.3 Å². The van der Waals surface area contributed by atoms with E-state index in [9.17, 15) is 14.4 Å². The van der Waals surface area contributed by atoms with Gasteiger partial charge in [0, 0.05) is 30.2 Å². The molecule has 0 unspecified atom stereocenters. The second-order valence-corrected chi connectivity index (χ2v) is 11.2. The van der Waals surface area contributed by atoms with Crippen LogP contribution in [0.15, 0.2) is 53.6 Å². The molecule has 8 heteroatoms. The summed E-state index contributed by atoms with van der Waals surface area (Å²) in [5.41, 5.74) is -0.765. The minimum Gasteiger partial charge on any atom is -0.422 e. The average Bonchev–Trinajstić information content (AvgIpc) is 3.08. The Labute approximate surface area is 209 Å². The van der Waals surface area contributed by atoms with Gasteiger partial charge in [0.15, 0.2) is 5.78 Å². The maximum Gasteiger partial charge on any atom is 0.330 e. The topological polar surface area (TPSA) is 85.3 Å². The predicted molar refractivity (Wildman–Crippen MR) is 130 cm³/mol. The van der Waals surface area contributed by atoms with Crippen LogP contribution in [0.5, 0.6) is 0 Å². The lowest BCUT2D eigenvalue weighted by molar-refractivity contribution is -0.254. The zero-order valence-corrected chi connectivity index (χ0v) is 21.0. The number of fused-ring (bicyclic) bond motifs is 4. The minimum atomic E-state index is -1.90. The fraction of sp³-hybridized carbons (Fsp3) is 0.407. The molecule has 0 aliphatic carbocycles. The van der Waals surface area contributed by atoms with E-state index in [1.807, 2.05) is 24.3 Å². The van der Waals surface area contributed by atoms with Crippen LogP contribution in [0.3, 0.4) is 0 Å². The molecular weight excluding hydrogens is 468 g/mol. The number of hydrogen-bond acceptors (Lipinski definition) is 7. The lowest BCUT2D eigenvalue weighted by Crippen LogP contribution is -2.58. The maximum absolute atomic E-state index is 14.1. The first-order valence-electron chi connectivity index (χ1n) is 11.6. The molecule has 0 saturated carbocycles. The number of ether oxygens (including phenoxy) is 2. The number of esters is 2. The van der Waals surface area contributed by atoms with Crippen molar-refractivity contribution in [2.45, 2.75) is 58.4 Å². The molecule has 2 saturated heterocycles. The van der Waals surface area contributed by atoms with Gasteiger partial charge >= 0.3 is 11.9 Å². The largest absolute Gasteiger partial charge is 0.422 e. The smallest absolute Gasteiger partial charge is 0.330 e. The number of cyclic esters (lactones) is 2. The summed E-state index contributed by atoms with van der Waals surface area (Å²) in [6.07, 6.45) is 1.65. The van der Waals surface area contributed by atoms with Gasteiger partial charge in [-0.15, -0.1) is 0 Å². The highest BCUT2D eigenvalue weighted by molar-refractivity contribution is 6.31. The molecule has 2 fully saturated rings. The predicted octanol–water partition coefficient (Wildman–Crippen LogP) is 4.63. The minimum absolute atomic E-state index is 0.175. The van der Waals surface area contributed by atoms with E-state index in [4.69, 9.17) is 21.1 Å². The normalized spacial score (nSPS) is 26.1. The Balaban J connectivity index is 1.87. The zero-order chi connectivity index (χ0) is 25.3. The number of hydrazone groups is 1. The van der Waals surface area contributed by atoms with Crippen molar-refractivity contribution in [1.82, 2.24) is 5.01 Å². The molecule has 2 aromatic rings. The van der Waals surface area contributed by atoms with Crippen LogP contribution in [-0.2, 0) is 23.9 Å². The molecule has 2 aromatic carbocycles. The molecule has 182 valence electrons. The SMILES string of the molecule is CC1(C)OC(=O)C2(C(=O)O1)[C@@H](c1ccccc1Cl)[C@H](C(=O)C(C)(C)C)N1N=Cc3ccccc3[C@@H]12. The Morgan fingerprint density at radius 3 is 2.14 bits per heavy atom. The van der Waals surface area contributed by atoms with Crippen LogP contribution in [-0.4, -0.2) is 40.8 Å². The van der Waals surface area contributed by atoms with Gasteiger partial charge in [0.25, 0.3) is 5.79 Å². The fourth-order valence-corrected chi connectivity index (χ4v) is 5.78. The van der Waals surface area contributed by atoms with Crippen molar-refractivity contribution in [1.29, 1.82) is 0 Å². The Bertz CT molecular complexity index is 1260. The number of nitrogens with zero attached hydrogens (tertiary/aromatic N) is 2. The van der Waals surface area contributed by atoms with Gasteiger partial charge in [0.1, 0.15) is 12.1 Å². The van der Waals surface area contributed by atoms with E-state index >= 15 is 0 Å². The maximum atomic E-state index is 14.1. The molecule has 0 N–H and O–H groups in total. The van der Waals surface area contributed by atoms with E-state index in [1.165, 1.54) is 13.8 Å². The number of carbonyl (C=O) groups is 3. The van der Waals surface area contributed by atoms with Crippen molar-refractivity contribution in [3.8, 4) is 0 Å². The van der Waals surface area contributed by atoms with Crippen molar-refractivity contribution in [2.24, 2.45) is 15.9 Å². The standard InChI is InChI=1S/C27H27ClN2O5/c1-25(2,3)22(31)20-19(17-12-8-9-13-18(17)28)27(23(32)34-26(4,5)35-24(27)33)21-16-11-7-6-10-15(16)14-29-30(20)21/h6-14,19-21H,1-5H3/t19-,20+,21+/m0/s1. The van der Waals surface area contributed by atoms with E-state index in [-0.39, 0.29) is 5.78 Å². The summed E-state index contributed by atoms with van der Waals surface area (Å²) in [5.74, 6) is -4.12. The van der Waals surface area contributed by atoms with Gasteiger partial charge in [-0.25, -0.2) is 0 Å². The summed E-state index contributed by atoms with van der Waals surface area (Å²) in [5, 5.41) is 6.56. The van der Waals surface area contributed by atoms with Gasteiger partial charge in [-0.05, 0) is 22.8 Å². The zero-order valence-electron chi connectivity index (χ0n) is 20.2. The van der Waals surface area contributed by atoms with Crippen LogP contribution < -0.4 is 0 Å². The highest BCUT2D eigenvalue weighted by atomic mass is 35.5. The van der Waals surface area contributed by atoms with Gasteiger partial charge in [0.05, 0.1) is 6.21 Å². The summed E-state index contributed by atoms with van der Waals surface area (Å²) < 4.78 is 11.5. The number of carbonyl (C=O) groups excluding carboxylic acids is 3. The molecule has 1 spiro atoms. The number of halogens is 1. The quantitative estimate of drug-likeness (QED) is 0.447. The van der Waals surface area contributed by atoms with Crippen LogP contribution in [0.25, 0.3) is 0 Å². The summed E-state index contributed by atoms with van der Waals surface area (Å²) >= 11 is 6.67. The molecule has 0 bridgehead atoms. The van der Waals surface area contributed by atoms with Crippen LogP contribution in [0, 0.1) is 10.8 Å². The van der Waals surface area contributed by atoms with E-state index < -0.39 is 46.6 Å². The number of Topliss-reactive ketones (excluding diaryl/α,β-unsaturated/α-hetero) is 1. The van der Waals surface area contributed by atoms with Crippen LogP contribution in [0.2, 0.25) is 5.02 Å². The average molecular weight is 495 g/mol. The van der Waals surface area contributed by atoms with Gasteiger partial charge in [-0.2, -0.15) is 5.10 Å². The van der Waals surface area contributed by atoms with Crippen molar-refractivity contribution in [2.75, 3.05) is 0 Å². The molecule has 5 rings (SSSR count). The third-order valence-electron chi connectivity index (χ3n) is 7.01. The van der Waals surface area contributed by atoms with Crippen LogP contribution >= 0.6 is 11.6 Å². The Hall–Kier alpha value is -3.19. The van der Waals surface area contributed by atoms with Crippen molar-refractivity contribution >= 4 is 35.5 Å². The summed E-state index contributed by atoms with van der Waals surface area (Å²) in [6.45, 7) is 8.44. The molecule has 0 aromatic heterocycles. The van der Waals surface area contributed by atoms with Gasteiger partial charge in [-0.1, -0.05) is 74.8 Å². The van der Waals surface area contributed by atoms with E-state index in [0.29, 0.717) is 16.1 Å². The van der Waals surface area contributed by atoms with Gasteiger partial charge < -0.3 is 9.47 Å². The molecule has 7 nitrogen and oxygen atoms in total. The highest BCUT2D eigenvalue weighted by Gasteiger charge is 2.75. The molecule has 3 aliphatic rings. The number of rotatable bonds is 2. The molecule has 3 atom stereocenters. The summed E-state index contributed by atoms with van der Waals surface area (Å²) in [7, 11) is 0. The molecule has 3 aliphatic heterocycles. The first-order chi connectivity index (χ1) is 16.4. The number of benzene rings is 2. The number of ketones is 1. The van der Waals surface area contributed by atoms with Crippen molar-refractivity contribution in [3.05, 3.63) is 70.2 Å². The van der Waals surface area contributed by atoms with E-state index in [1.54, 1.807) is 56.3 Å². The Morgan fingerprint density at radius 1 is 0.971 bits per heavy atom. The lowest BCUT2D eigenvalue weighted by atomic mass is 9.64. The summed E-state index contributed by atoms with van der Waals surface area (Å²) in [4.78, 5) is 42.2. The molecule has 3 heterocycles. The number of hydrogen-bond donors (Lipinski definition) is 0. The first kappa shape index (κ1) is 23.5. The monoisotopic (exact) mass is 494 g/mol. The Kier molecular flexibility index (Phi) is 5.15. The van der Waals surface area contributed by atoms with E-state index in [2.05, 4.69) is 5.10 Å².